The Kier molecular flexibility index (Phi) is 7.01. The monoisotopic (exact) mass is 561 g/mol. The van der Waals surface area contributed by atoms with Crippen molar-refractivity contribution in [1.82, 2.24) is 9.29 Å². The van der Waals surface area contributed by atoms with Gasteiger partial charge >= 0.3 is 0 Å². The Hall–Kier alpha value is -3.11. The summed E-state index contributed by atoms with van der Waals surface area (Å²) in [4.78, 5) is 20.5. The number of rotatable bonds is 6. The fourth-order valence-corrected chi connectivity index (χ4v) is 7.74. The lowest BCUT2D eigenvalue weighted by atomic mass is 10.0. The summed E-state index contributed by atoms with van der Waals surface area (Å²) in [6.45, 7) is 6.02. The van der Waals surface area contributed by atoms with Crippen LogP contribution in [0.4, 0.5) is 5.13 Å². The van der Waals surface area contributed by atoms with Crippen molar-refractivity contribution in [3.63, 3.8) is 0 Å². The molecule has 39 heavy (non-hydrogen) atoms. The van der Waals surface area contributed by atoms with Crippen LogP contribution in [0.15, 0.2) is 65.6 Å². The van der Waals surface area contributed by atoms with Crippen LogP contribution in [0.2, 0.25) is 0 Å². The Balaban J connectivity index is 1.27. The van der Waals surface area contributed by atoms with E-state index >= 15 is 0 Å². The summed E-state index contributed by atoms with van der Waals surface area (Å²) in [5.41, 5.74) is 5.85. The molecule has 4 aromatic rings. The molecule has 3 aromatic carbocycles. The minimum absolute atomic E-state index is 0.0499. The number of hydrogen-bond donors (Lipinski definition) is 0. The van der Waals surface area contributed by atoms with E-state index < -0.39 is 10.0 Å². The van der Waals surface area contributed by atoms with Gasteiger partial charge in [0.1, 0.15) is 0 Å². The molecule has 9 heteroatoms. The third kappa shape index (κ3) is 5.12. The Morgan fingerprint density at radius 1 is 1.08 bits per heavy atom. The van der Waals surface area contributed by atoms with Crippen molar-refractivity contribution in [3.8, 4) is 0 Å². The number of carbonyl (C=O) groups excluding carboxylic acids is 1. The van der Waals surface area contributed by atoms with Crippen molar-refractivity contribution in [1.29, 1.82) is 0 Å². The molecule has 1 amide bonds. The van der Waals surface area contributed by atoms with Crippen LogP contribution in [0.1, 0.15) is 45.5 Å². The number of sulfonamides is 1. The molecule has 6 rings (SSSR count). The number of carbonyl (C=O) groups is 1. The number of ether oxygens (including phenoxy) is 1. The zero-order chi connectivity index (χ0) is 27.1. The second kappa shape index (κ2) is 10.5. The van der Waals surface area contributed by atoms with Gasteiger partial charge in [-0.2, -0.15) is 4.31 Å². The van der Waals surface area contributed by atoms with Crippen LogP contribution in [0.25, 0.3) is 10.2 Å². The zero-order valence-electron chi connectivity index (χ0n) is 22.1. The van der Waals surface area contributed by atoms with Crippen LogP contribution in [-0.4, -0.2) is 49.4 Å². The Morgan fingerprint density at radius 3 is 2.56 bits per heavy atom. The highest BCUT2D eigenvalue weighted by atomic mass is 32.2. The Morgan fingerprint density at radius 2 is 1.82 bits per heavy atom. The van der Waals surface area contributed by atoms with Crippen molar-refractivity contribution in [2.75, 3.05) is 24.6 Å². The number of fused-ring (bicyclic) bond motifs is 2. The molecule has 2 aliphatic heterocycles. The molecule has 0 saturated carbocycles. The smallest absolute Gasteiger partial charge is 0.260 e. The third-order valence-corrected chi connectivity index (χ3v) is 10.6. The maximum atomic E-state index is 13.8. The largest absolute Gasteiger partial charge is 0.376 e. The summed E-state index contributed by atoms with van der Waals surface area (Å²) >= 11 is 1.49. The molecule has 2 aliphatic rings. The summed E-state index contributed by atoms with van der Waals surface area (Å²) in [7, 11) is -3.69. The van der Waals surface area contributed by atoms with Gasteiger partial charge in [-0.15, -0.1) is 0 Å². The zero-order valence-corrected chi connectivity index (χ0v) is 23.7. The average molecular weight is 562 g/mol. The molecule has 202 valence electrons. The Labute approximate surface area is 233 Å². The van der Waals surface area contributed by atoms with Gasteiger partial charge in [-0.1, -0.05) is 35.6 Å². The summed E-state index contributed by atoms with van der Waals surface area (Å²) in [5.74, 6) is -0.214. The first-order valence-corrected chi connectivity index (χ1v) is 15.5. The van der Waals surface area contributed by atoms with Crippen molar-refractivity contribution in [3.05, 3.63) is 88.5 Å². The van der Waals surface area contributed by atoms with Crippen LogP contribution < -0.4 is 4.90 Å². The molecule has 1 fully saturated rings. The molecular formula is C30H31N3O4S2. The minimum Gasteiger partial charge on any atom is -0.376 e. The number of aromatic nitrogens is 1. The third-order valence-electron chi connectivity index (χ3n) is 7.71. The van der Waals surface area contributed by atoms with E-state index in [2.05, 4.69) is 32.0 Å². The maximum Gasteiger partial charge on any atom is 0.260 e. The van der Waals surface area contributed by atoms with Gasteiger partial charge in [0.15, 0.2) is 5.13 Å². The van der Waals surface area contributed by atoms with Crippen molar-refractivity contribution < 1.29 is 17.9 Å². The van der Waals surface area contributed by atoms with Crippen LogP contribution in [0.5, 0.6) is 0 Å². The van der Waals surface area contributed by atoms with Gasteiger partial charge in [-0.25, -0.2) is 13.4 Å². The van der Waals surface area contributed by atoms with Crippen molar-refractivity contribution in [2.24, 2.45) is 0 Å². The van der Waals surface area contributed by atoms with Crippen LogP contribution in [0, 0.1) is 13.8 Å². The quantitative estimate of drug-likeness (QED) is 0.311. The standard InChI is InChI=1S/C30H31N3O4S2/c1-20-16-27-28(17-21(20)2)38-30(31-27)33(19-25-8-5-15-37-25)29(34)23-9-11-26(12-10-23)39(35,36)32-14-13-22-6-3-4-7-24(22)18-32/h3-4,6-7,9-12,16-17,25H,5,8,13-15,18-19H2,1-2H3. The maximum absolute atomic E-state index is 13.8. The molecule has 0 spiro atoms. The van der Waals surface area contributed by atoms with Gasteiger partial charge in [0, 0.05) is 25.3 Å². The van der Waals surface area contributed by atoms with E-state index in [1.54, 1.807) is 29.2 Å². The number of anilines is 1. The summed E-state index contributed by atoms with van der Waals surface area (Å²) < 4.78 is 35.3. The second-order valence-electron chi connectivity index (χ2n) is 10.3. The highest BCUT2D eigenvalue weighted by molar-refractivity contribution is 7.89. The average Bonchev–Trinajstić information content (AvgIpc) is 3.61. The van der Waals surface area contributed by atoms with Gasteiger partial charge in [-0.05, 0) is 91.8 Å². The molecule has 1 atom stereocenters. The van der Waals surface area contributed by atoms with Crippen LogP contribution in [0.3, 0.4) is 0 Å². The van der Waals surface area contributed by atoms with E-state index in [9.17, 15) is 13.2 Å². The lowest BCUT2D eigenvalue weighted by Gasteiger charge is -2.28. The van der Waals surface area contributed by atoms with E-state index in [0.717, 1.165) is 34.2 Å². The molecule has 0 bridgehead atoms. The highest BCUT2D eigenvalue weighted by Gasteiger charge is 2.30. The van der Waals surface area contributed by atoms with Crippen molar-refractivity contribution >= 4 is 42.6 Å². The van der Waals surface area contributed by atoms with Gasteiger partial charge in [-0.3, -0.25) is 9.69 Å². The molecule has 1 aromatic heterocycles. The lowest BCUT2D eigenvalue weighted by Crippen LogP contribution is -2.37. The lowest BCUT2D eigenvalue weighted by molar-refractivity contribution is 0.0917. The minimum atomic E-state index is -3.69. The number of thiazole rings is 1. The van der Waals surface area contributed by atoms with Crippen LogP contribution in [-0.2, 0) is 27.7 Å². The summed E-state index contributed by atoms with van der Waals surface area (Å²) in [6, 6.07) is 18.4. The van der Waals surface area contributed by atoms with Gasteiger partial charge in [0.2, 0.25) is 10.0 Å². The van der Waals surface area contributed by atoms with Gasteiger partial charge in [0.05, 0.1) is 27.8 Å². The van der Waals surface area contributed by atoms with E-state index in [1.807, 2.05) is 18.2 Å². The van der Waals surface area contributed by atoms with E-state index in [-0.39, 0.29) is 16.9 Å². The first-order chi connectivity index (χ1) is 18.8. The van der Waals surface area contributed by atoms with E-state index in [4.69, 9.17) is 9.72 Å². The molecular weight excluding hydrogens is 530 g/mol. The molecule has 7 nitrogen and oxygen atoms in total. The normalized spacial score (nSPS) is 17.8. The van der Waals surface area contributed by atoms with E-state index in [1.165, 1.54) is 26.8 Å². The molecule has 1 unspecified atom stereocenters. The predicted molar refractivity (Wildman–Crippen MR) is 154 cm³/mol. The predicted octanol–water partition coefficient (Wildman–Crippen LogP) is 5.49. The topological polar surface area (TPSA) is 79.8 Å². The molecule has 0 radical (unpaired) electrons. The van der Waals surface area contributed by atoms with Crippen LogP contribution >= 0.6 is 11.3 Å². The second-order valence-corrected chi connectivity index (χ2v) is 13.3. The fourth-order valence-electron chi connectivity index (χ4n) is 5.27. The summed E-state index contributed by atoms with van der Waals surface area (Å²) in [6.07, 6.45) is 2.50. The number of amides is 1. The van der Waals surface area contributed by atoms with Crippen molar-refractivity contribution in [2.45, 2.75) is 50.7 Å². The number of benzene rings is 3. The Bertz CT molecular complexity index is 1600. The molecule has 1 saturated heterocycles. The SMILES string of the molecule is Cc1cc2nc(N(CC3CCCO3)C(=O)c3ccc(S(=O)(=O)N4CCc5ccccc5C4)cc3)sc2cc1C. The number of aryl methyl sites for hydroxylation is 2. The van der Waals surface area contributed by atoms with Gasteiger partial charge < -0.3 is 4.74 Å². The first kappa shape index (κ1) is 26.1. The number of hydrogen-bond acceptors (Lipinski definition) is 6. The summed E-state index contributed by atoms with van der Waals surface area (Å²) in [5, 5.41) is 0.624. The number of nitrogens with zero attached hydrogens (tertiary/aromatic N) is 3. The molecule has 0 aliphatic carbocycles. The van der Waals surface area contributed by atoms with Gasteiger partial charge in [0.25, 0.3) is 5.91 Å². The first-order valence-electron chi connectivity index (χ1n) is 13.3. The molecule has 3 heterocycles. The highest BCUT2D eigenvalue weighted by Crippen LogP contribution is 2.33. The fraction of sp³-hybridized carbons (Fsp3) is 0.333. The van der Waals surface area contributed by atoms with E-state index in [0.29, 0.717) is 43.4 Å². The molecule has 0 N–H and O–H groups in total.